The third kappa shape index (κ3) is 6.83. The predicted octanol–water partition coefficient (Wildman–Crippen LogP) is 4.76. The first kappa shape index (κ1) is 24.3. The highest BCUT2D eigenvalue weighted by Gasteiger charge is 2.17. The van der Waals surface area contributed by atoms with E-state index in [9.17, 15) is 4.79 Å². The molecular formula is C28H32ClN3O2. The number of amides is 1. The van der Waals surface area contributed by atoms with Gasteiger partial charge >= 0.3 is 0 Å². The van der Waals surface area contributed by atoms with Crippen molar-refractivity contribution in [3.05, 3.63) is 88.4 Å². The Morgan fingerprint density at radius 2 is 1.62 bits per heavy atom. The summed E-state index contributed by atoms with van der Waals surface area (Å²) in [7, 11) is 2.16. The fraction of sp³-hybridized carbons (Fsp3) is 0.321. The van der Waals surface area contributed by atoms with Gasteiger partial charge in [-0.05, 0) is 48.9 Å². The van der Waals surface area contributed by atoms with Crippen LogP contribution in [0.25, 0.3) is 11.1 Å². The molecule has 0 unspecified atom stereocenters. The van der Waals surface area contributed by atoms with E-state index in [0.29, 0.717) is 11.6 Å². The summed E-state index contributed by atoms with van der Waals surface area (Å²) in [6.07, 6.45) is 0. The van der Waals surface area contributed by atoms with E-state index in [1.54, 1.807) is 0 Å². The topological polar surface area (TPSA) is 44.8 Å². The van der Waals surface area contributed by atoms with Crippen LogP contribution in [0.5, 0.6) is 5.75 Å². The first-order chi connectivity index (χ1) is 16.5. The highest BCUT2D eigenvalue weighted by molar-refractivity contribution is 6.30. The molecule has 0 radical (unpaired) electrons. The van der Waals surface area contributed by atoms with Crippen molar-refractivity contribution in [1.82, 2.24) is 15.1 Å². The van der Waals surface area contributed by atoms with Gasteiger partial charge in [-0.3, -0.25) is 9.69 Å². The lowest BCUT2D eigenvalue weighted by Gasteiger charge is -2.32. The maximum absolute atomic E-state index is 12.5. The highest BCUT2D eigenvalue weighted by Crippen LogP contribution is 2.29. The van der Waals surface area contributed by atoms with Crippen LogP contribution >= 0.6 is 11.6 Å². The van der Waals surface area contributed by atoms with Gasteiger partial charge < -0.3 is 15.0 Å². The Bertz CT molecular complexity index is 1090. The van der Waals surface area contributed by atoms with E-state index in [0.717, 1.165) is 60.7 Å². The van der Waals surface area contributed by atoms with Gasteiger partial charge in [0.25, 0.3) is 5.91 Å². The Morgan fingerprint density at radius 3 is 2.32 bits per heavy atom. The smallest absolute Gasteiger partial charge is 0.258 e. The summed E-state index contributed by atoms with van der Waals surface area (Å²) < 4.78 is 6.08. The lowest BCUT2D eigenvalue weighted by molar-refractivity contribution is -0.123. The number of carbonyl (C=O) groups is 1. The van der Waals surface area contributed by atoms with Crippen molar-refractivity contribution < 1.29 is 9.53 Å². The Morgan fingerprint density at radius 1 is 0.941 bits per heavy atom. The van der Waals surface area contributed by atoms with E-state index in [1.165, 1.54) is 5.56 Å². The van der Waals surface area contributed by atoms with Crippen LogP contribution < -0.4 is 10.1 Å². The van der Waals surface area contributed by atoms with Crippen molar-refractivity contribution in [2.45, 2.75) is 20.0 Å². The van der Waals surface area contributed by atoms with Gasteiger partial charge in [0.1, 0.15) is 5.75 Å². The summed E-state index contributed by atoms with van der Waals surface area (Å²) in [5, 5.41) is 3.60. The minimum Gasteiger partial charge on any atom is -0.483 e. The number of hydrogen-bond donors (Lipinski definition) is 1. The number of carbonyl (C=O) groups excluding carboxylic acids is 1. The van der Waals surface area contributed by atoms with Crippen LogP contribution in [-0.2, 0) is 17.9 Å². The number of nitrogens with zero attached hydrogens (tertiary/aromatic N) is 2. The molecule has 4 rings (SSSR count). The van der Waals surface area contributed by atoms with Gasteiger partial charge in [-0.1, -0.05) is 65.7 Å². The Hall–Kier alpha value is -2.86. The molecule has 6 heteroatoms. The van der Waals surface area contributed by atoms with Gasteiger partial charge in [-0.2, -0.15) is 0 Å². The quantitative estimate of drug-likeness (QED) is 0.508. The number of benzene rings is 3. The van der Waals surface area contributed by atoms with Crippen LogP contribution in [-0.4, -0.2) is 55.5 Å². The minimum absolute atomic E-state index is 0.0271. The molecule has 3 aromatic carbocycles. The van der Waals surface area contributed by atoms with Crippen LogP contribution in [0.2, 0.25) is 5.02 Å². The first-order valence-electron chi connectivity index (χ1n) is 11.7. The monoisotopic (exact) mass is 477 g/mol. The summed E-state index contributed by atoms with van der Waals surface area (Å²) in [5.41, 5.74) is 5.54. The molecule has 178 valence electrons. The summed E-state index contributed by atoms with van der Waals surface area (Å²) in [6.45, 7) is 7.48. The highest BCUT2D eigenvalue weighted by atomic mass is 35.5. The molecule has 34 heavy (non-hydrogen) atoms. The van der Waals surface area contributed by atoms with Crippen molar-refractivity contribution in [1.29, 1.82) is 0 Å². The van der Waals surface area contributed by atoms with Crippen LogP contribution in [0.3, 0.4) is 0 Å². The van der Waals surface area contributed by atoms with E-state index in [1.807, 2.05) is 24.3 Å². The molecule has 1 N–H and O–H groups in total. The number of rotatable bonds is 8. The minimum atomic E-state index is -0.152. The molecule has 1 amide bonds. The fourth-order valence-electron chi connectivity index (χ4n) is 3.99. The van der Waals surface area contributed by atoms with Gasteiger partial charge in [0.05, 0.1) is 0 Å². The van der Waals surface area contributed by atoms with Gasteiger partial charge in [-0.25, -0.2) is 0 Å². The first-order valence-corrected chi connectivity index (χ1v) is 12.1. The zero-order chi connectivity index (χ0) is 23.9. The molecule has 0 spiro atoms. The van der Waals surface area contributed by atoms with Crippen molar-refractivity contribution in [2.24, 2.45) is 0 Å². The number of likely N-dealkylation sites (N-methyl/N-ethyl adjacent to an activating group) is 1. The van der Waals surface area contributed by atoms with E-state index in [4.69, 9.17) is 16.3 Å². The molecule has 0 atom stereocenters. The third-order valence-electron chi connectivity index (χ3n) is 6.20. The molecule has 0 saturated carbocycles. The molecule has 0 bridgehead atoms. The van der Waals surface area contributed by atoms with Gasteiger partial charge in [0.2, 0.25) is 0 Å². The molecule has 1 saturated heterocycles. The van der Waals surface area contributed by atoms with E-state index >= 15 is 0 Å². The summed E-state index contributed by atoms with van der Waals surface area (Å²) in [6, 6.07) is 22.2. The molecule has 1 aliphatic rings. The van der Waals surface area contributed by atoms with Gasteiger partial charge in [0.15, 0.2) is 6.61 Å². The molecule has 0 aliphatic carbocycles. The van der Waals surface area contributed by atoms with Crippen LogP contribution in [0, 0.1) is 6.92 Å². The Balaban J connectivity index is 1.45. The van der Waals surface area contributed by atoms with Crippen molar-refractivity contribution in [3.8, 4) is 16.9 Å². The predicted molar refractivity (Wildman–Crippen MR) is 138 cm³/mol. The average Bonchev–Trinajstić information content (AvgIpc) is 2.85. The molecular weight excluding hydrogens is 446 g/mol. The van der Waals surface area contributed by atoms with Crippen LogP contribution in [0.1, 0.15) is 16.7 Å². The standard InChI is InChI=1S/C28H32ClN3O2/c1-21-3-7-23(8-4-21)24-9-10-25(19-32-15-13-31(2)14-16-32)27(17-24)34-20-28(33)30-18-22-5-11-26(29)12-6-22/h3-12,17H,13-16,18-20H2,1-2H3,(H,30,33). The number of aryl methyl sites for hydroxylation is 1. The maximum atomic E-state index is 12.5. The molecule has 1 aliphatic heterocycles. The average molecular weight is 478 g/mol. The van der Waals surface area contributed by atoms with Crippen LogP contribution in [0.15, 0.2) is 66.7 Å². The normalized spacial score (nSPS) is 14.7. The summed E-state index contributed by atoms with van der Waals surface area (Å²) in [4.78, 5) is 17.3. The SMILES string of the molecule is Cc1ccc(-c2ccc(CN3CCN(C)CC3)c(OCC(=O)NCc3ccc(Cl)cc3)c2)cc1. The Labute approximate surface area is 207 Å². The molecule has 5 nitrogen and oxygen atoms in total. The number of halogens is 1. The third-order valence-corrected chi connectivity index (χ3v) is 6.46. The summed E-state index contributed by atoms with van der Waals surface area (Å²) in [5.74, 6) is 0.611. The van der Waals surface area contributed by atoms with E-state index < -0.39 is 0 Å². The number of piperazine rings is 1. The zero-order valence-electron chi connectivity index (χ0n) is 19.9. The number of ether oxygens (including phenoxy) is 1. The van der Waals surface area contributed by atoms with Crippen molar-refractivity contribution >= 4 is 17.5 Å². The van der Waals surface area contributed by atoms with Crippen molar-refractivity contribution in [3.63, 3.8) is 0 Å². The second-order valence-corrected chi connectivity index (χ2v) is 9.40. The molecule has 1 heterocycles. The van der Waals surface area contributed by atoms with Gasteiger partial charge in [-0.15, -0.1) is 0 Å². The van der Waals surface area contributed by atoms with Crippen LogP contribution in [0.4, 0.5) is 0 Å². The lowest BCUT2D eigenvalue weighted by Crippen LogP contribution is -2.43. The number of hydrogen-bond acceptors (Lipinski definition) is 4. The van der Waals surface area contributed by atoms with Gasteiger partial charge in [0, 0.05) is 49.9 Å². The maximum Gasteiger partial charge on any atom is 0.258 e. The number of nitrogens with one attached hydrogen (secondary N) is 1. The molecule has 0 aromatic heterocycles. The van der Waals surface area contributed by atoms with Crippen molar-refractivity contribution in [2.75, 3.05) is 39.8 Å². The second kappa shape index (κ2) is 11.5. The zero-order valence-corrected chi connectivity index (χ0v) is 20.6. The lowest BCUT2D eigenvalue weighted by atomic mass is 10.0. The molecule has 1 fully saturated rings. The fourth-order valence-corrected chi connectivity index (χ4v) is 4.12. The molecule has 3 aromatic rings. The summed E-state index contributed by atoms with van der Waals surface area (Å²) >= 11 is 5.94. The second-order valence-electron chi connectivity index (χ2n) is 8.96. The largest absolute Gasteiger partial charge is 0.483 e. The van der Waals surface area contributed by atoms with E-state index in [-0.39, 0.29) is 12.5 Å². The van der Waals surface area contributed by atoms with E-state index in [2.05, 4.69) is 71.6 Å². The Kier molecular flexibility index (Phi) is 8.22.